The Morgan fingerprint density at radius 2 is 1.96 bits per heavy atom. The summed E-state index contributed by atoms with van der Waals surface area (Å²) in [6.45, 7) is 4.68. The molecule has 0 radical (unpaired) electrons. The molecule has 0 atom stereocenters. The normalized spacial score (nSPS) is 10.9. The Morgan fingerprint density at radius 3 is 2.70 bits per heavy atom. The van der Waals surface area contributed by atoms with E-state index >= 15 is 0 Å². The van der Waals surface area contributed by atoms with Crippen LogP contribution in [0.4, 0.5) is 5.95 Å². The third-order valence-corrected chi connectivity index (χ3v) is 3.21. The van der Waals surface area contributed by atoms with Crippen molar-refractivity contribution in [2.45, 2.75) is 26.2 Å². The Hall–Kier alpha value is -2.83. The number of anilines is 1. The van der Waals surface area contributed by atoms with Gasteiger partial charge in [0.05, 0.1) is 11.4 Å². The fourth-order valence-electron chi connectivity index (χ4n) is 1.99. The van der Waals surface area contributed by atoms with E-state index in [2.05, 4.69) is 30.4 Å². The average molecular weight is 310 g/mol. The molecule has 0 spiro atoms. The molecule has 0 bridgehead atoms. The summed E-state index contributed by atoms with van der Waals surface area (Å²) in [4.78, 5) is 17.3. The second-order valence-electron chi connectivity index (χ2n) is 5.36. The average Bonchev–Trinajstić information content (AvgIpc) is 3.05. The highest BCUT2D eigenvalue weighted by atomic mass is 16.5. The first-order valence-corrected chi connectivity index (χ1v) is 7.53. The van der Waals surface area contributed by atoms with Gasteiger partial charge in [0.1, 0.15) is 0 Å². The molecule has 7 heteroatoms. The SMILES string of the molecule is CC(C)c1noc(CCNc2nccc(-c3ccccn3)n2)n1. The van der Waals surface area contributed by atoms with E-state index in [1.165, 1.54) is 0 Å². The van der Waals surface area contributed by atoms with Gasteiger partial charge in [-0.3, -0.25) is 4.98 Å². The zero-order valence-electron chi connectivity index (χ0n) is 13.1. The van der Waals surface area contributed by atoms with Crippen LogP contribution in [-0.4, -0.2) is 31.6 Å². The van der Waals surface area contributed by atoms with Gasteiger partial charge in [0.2, 0.25) is 11.8 Å². The first-order valence-electron chi connectivity index (χ1n) is 7.53. The molecule has 7 nitrogen and oxygen atoms in total. The molecule has 0 saturated carbocycles. The van der Waals surface area contributed by atoms with Crippen molar-refractivity contribution in [2.75, 3.05) is 11.9 Å². The van der Waals surface area contributed by atoms with Gasteiger partial charge in [0, 0.05) is 31.3 Å². The molecule has 23 heavy (non-hydrogen) atoms. The van der Waals surface area contributed by atoms with Crippen molar-refractivity contribution in [2.24, 2.45) is 0 Å². The molecule has 0 fully saturated rings. The first-order chi connectivity index (χ1) is 11.2. The van der Waals surface area contributed by atoms with Gasteiger partial charge in [-0.2, -0.15) is 4.98 Å². The van der Waals surface area contributed by atoms with E-state index in [-0.39, 0.29) is 5.92 Å². The summed E-state index contributed by atoms with van der Waals surface area (Å²) in [7, 11) is 0. The highest BCUT2D eigenvalue weighted by Gasteiger charge is 2.09. The molecule has 0 amide bonds. The Balaban J connectivity index is 1.60. The second kappa shape index (κ2) is 6.95. The number of hydrogen-bond acceptors (Lipinski definition) is 7. The molecule has 3 aromatic heterocycles. The van der Waals surface area contributed by atoms with Gasteiger partial charge in [0.15, 0.2) is 5.82 Å². The number of nitrogens with zero attached hydrogens (tertiary/aromatic N) is 5. The standard InChI is InChI=1S/C16H18N6O/c1-11(2)15-21-14(23-22-15)7-10-19-16-18-9-6-13(20-16)12-5-3-4-8-17-12/h3-6,8-9,11H,7,10H2,1-2H3,(H,18,19,20). The minimum atomic E-state index is 0.263. The highest BCUT2D eigenvalue weighted by Crippen LogP contribution is 2.14. The Kier molecular flexibility index (Phi) is 4.56. The van der Waals surface area contributed by atoms with Crippen LogP contribution in [0, 0.1) is 0 Å². The number of pyridine rings is 1. The van der Waals surface area contributed by atoms with Crippen molar-refractivity contribution in [1.82, 2.24) is 25.1 Å². The predicted molar refractivity (Wildman–Crippen MR) is 85.8 cm³/mol. The zero-order valence-corrected chi connectivity index (χ0v) is 13.1. The smallest absolute Gasteiger partial charge is 0.228 e. The van der Waals surface area contributed by atoms with Crippen LogP contribution in [0.5, 0.6) is 0 Å². The van der Waals surface area contributed by atoms with Crippen LogP contribution >= 0.6 is 0 Å². The summed E-state index contributed by atoms with van der Waals surface area (Å²) in [5.74, 6) is 2.16. The number of hydrogen-bond donors (Lipinski definition) is 1. The minimum Gasteiger partial charge on any atom is -0.354 e. The van der Waals surface area contributed by atoms with Gasteiger partial charge in [-0.15, -0.1) is 0 Å². The van der Waals surface area contributed by atoms with E-state index in [1.54, 1.807) is 12.4 Å². The molecule has 3 heterocycles. The summed E-state index contributed by atoms with van der Waals surface area (Å²) in [6, 6.07) is 7.55. The van der Waals surface area contributed by atoms with E-state index in [1.807, 2.05) is 38.1 Å². The summed E-state index contributed by atoms with van der Waals surface area (Å²) >= 11 is 0. The van der Waals surface area contributed by atoms with Crippen molar-refractivity contribution in [3.63, 3.8) is 0 Å². The molecular formula is C16H18N6O. The lowest BCUT2D eigenvalue weighted by atomic mass is 10.2. The van der Waals surface area contributed by atoms with Crippen LogP contribution in [0.1, 0.15) is 31.5 Å². The molecule has 0 aliphatic heterocycles. The summed E-state index contributed by atoms with van der Waals surface area (Å²) in [5.41, 5.74) is 1.60. The number of nitrogens with one attached hydrogen (secondary N) is 1. The van der Waals surface area contributed by atoms with Crippen molar-refractivity contribution < 1.29 is 4.52 Å². The van der Waals surface area contributed by atoms with Gasteiger partial charge in [-0.05, 0) is 18.2 Å². The third kappa shape index (κ3) is 3.88. The van der Waals surface area contributed by atoms with Crippen LogP contribution < -0.4 is 5.32 Å². The molecule has 0 aliphatic carbocycles. The van der Waals surface area contributed by atoms with Crippen molar-refractivity contribution >= 4 is 5.95 Å². The lowest BCUT2D eigenvalue weighted by molar-refractivity contribution is 0.373. The lowest BCUT2D eigenvalue weighted by Crippen LogP contribution is -2.08. The lowest BCUT2D eigenvalue weighted by Gasteiger charge is -2.04. The van der Waals surface area contributed by atoms with Crippen molar-refractivity contribution in [3.05, 3.63) is 48.4 Å². The molecule has 3 aromatic rings. The van der Waals surface area contributed by atoms with Crippen molar-refractivity contribution in [1.29, 1.82) is 0 Å². The van der Waals surface area contributed by atoms with Crippen LogP contribution in [0.15, 0.2) is 41.2 Å². The molecule has 0 aromatic carbocycles. The zero-order chi connectivity index (χ0) is 16.1. The monoisotopic (exact) mass is 310 g/mol. The fourth-order valence-corrected chi connectivity index (χ4v) is 1.99. The first kappa shape index (κ1) is 15.1. The summed E-state index contributed by atoms with van der Waals surface area (Å²) in [5, 5.41) is 7.11. The maximum Gasteiger partial charge on any atom is 0.228 e. The van der Waals surface area contributed by atoms with Gasteiger partial charge < -0.3 is 9.84 Å². The molecule has 1 N–H and O–H groups in total. The van der Waals surface area contributed by atoms with E-state index in [4.69, 9.17) is 4.52 Å². The fraction of sp³-hybridized carbons (Fsp3) is 0.312. The molecule has 0 aliphatic rings. The van der Waals surface area contributed by atoms with E-state index in [0.29, 0.717) is 24.8 Å². The highest BCUT2D eigenvalue weighted by molar-refractivity contribution is 5.54. The van der Waals surface area contributed by atoms with Gasteiger partial charge in [-0.1, -0.05) is 25.1 Å². The van der Waals surface area contributed by atoms with E-state index < -0.39 is 0 Å². The molecule has 0 unspecified atom stereocenters. The maximum absolute atomic E-state index is 5.21. The van der Waals surface area contributed by atoms with E-state index in [0.717, 1.165) is 17.2 Å². The number of rotatable bonds is 6. The van der Waals surface area contributed by atoms with Gasteiger partial charge in [-0.25, -0.2) is 9.97 Å². The Bertz CT molecular complexity index is 756. The molecule has 118 valence electrons. The predicted octanol–water partition coefficient (Wildman–Crippen LogP) is 2.70. The Morgan fingerprint density at radius 1 is 1.04 bits per heavy atom. The molecular weight excluding hydrogens is 292 g/mol. The van der Waals surface area contributed by atoms with Crippen LogP contribution in [0.2, 0.25) is 0 Å². The van der Waals surface area contributed by atoms with Crippen LogP contribution in [0.3, 0.4) is 0 Å². The Labute approximate surface area is 134 Å². The molecule has 0 saturated heterocycles. The third-order valence-electron chi connectivity index (χ3n) is 3.21. The van der Waals surface area contributed by atoms with Crippen LogP contribution in [-0.2, 0) is 6.42 Å². The molecule has 3 rings (SSSR count). The van der Waals surface area contributed by atoms with E-state index in [9.17, 15) is 0 Å². The topological polar surface area (TPSA) is 89.6 Å². The number of aromatic nitrogens is 5. The largest absolute Gasteiger partial charge is 0.354 e. The van der Waals surface area contributed by atoms with Gasteiger partial charge >= 0.3 is 0 Å². The summed E-state index contributed by atoms with van der Waals surface area (Å²) in [6.07, 6.45) is 4.08. The summed E-state index contributed by atoms with van der Waals surface area (Å²) < 4.78 is 5.21. The van der Waals surface area contributed by atoms with Crippen molar-refractivity contribution in [3.8, 4) is 11.4 Å². The quantitative estimate of drug-likeness (QED) is 0.748. The van der Waals surface area contributed by atoms with Gasteiger partial charge in [0.25, 0.3) is 0 Å². The minimum absolute atomic E-state index is 0.263. The second-order valence-corrected chi connectivity index (χ2v) is 5.36. The van der Waals surface area contributed by atoms with Crippen LogP contribution in [0.25, 0.3) is 11.4 Å². The maximum atomic E-state index is 5.21.